The van der Waals surface area contributed by atoms with E-state index in [0.29, 0.717) is 10.3 Å². The van der Waals surface area contributed by atoms with Gasteiger partial charge in [0.15, 0.2) is 0 Å². The summed E-state index contributed by atoms with van der Waals surface area (Å²) >= 11 is 3.23. The van der Waals surface area contributed by atoms with Gasteiger partial charge in [0.05, 0.1) is 11.6 Å². The summed E-state index contributed by atoms with van der Waals surface area (Å²) in [5.41, 5.74) is 5.41. The molecule has 0 aliphatic carbocycles. The van der Waals surface area contributed by atoms with Gasteiger partial charge in [-0.15, -0.1) is 0 Å². The predicted molar refractivity (Wildman–Crippen MR) is 59.2 cm³/mol. The molecule has 0 saturated heterocycles. The summed E-state index contributed by atoms with van der Waals surface area (Å²) in [7, 11) is 1.32. The van der Waals surface area contributed by atoms with Gasteiger partial charge in [-0.25, -0.2) is 9.78 Å². The van der Waals surface area contributed by atoms with Gasteiger partial charge in [0.2, 0.25) is 5.95 Å². The molecule has 1 unspecified atom stereocenters. The molecule has 82 valence electrons. The molecule has 0 amide bonds. The Kier molecular flexibility index (Phi) is 3.84. The number of halogens is 1. The molecule has 1 atom stereocenters. The molecular formula is C8H11BrN4O2. The Bertz CT molecular complexity index is 372. The minimum atomic E-state index is -0.499. The molecule has 0 aliphatic heterocycles. The molecule has 3 N–H and O–H groups in total. The number of nitrogen functional groups attached to an aromatic ring is 1. The van der Waals surface area contributed by atoms with Crippen LogP contribution < -0.4 is 11.1 Å². The van der Waals surface area contributed by atoms with Crippen LogP contribution in [-0.2, 0) is 9.53 Å². The number of carbonyl (C=O) groups excluding carboxylic acids is 1. The third-order valence-electron chi connectivity index (χ3n) is 1.67. The number of hydrogen-bond donors (Lipinski definition) is 2. The zero-order valence-electron chi connectivity index (χ0n) is 8.32. The molecule has 6 nitrogen and oxygen atoms in total. The molecule has 7 heteroatoms. The minimum Gasteiger partial charge on any atom is -0.467 e. The average Bonchev–Trinajstić information content (AvgIpc) is 2.22. The van der Waals surface area contributed by atoms with Crippen LogP contribution in [0.25, 0.3) is 0 Å². The van der Waals surface area contributed by atoms with E-state index in [4.69, 9.17) is 5.73 Å². The van der Waals surface area contributed by atoms with E-state index in [1.165, 1.54) is 13.3 Å². The minimum absolute atomic E-state index is 0.137. The number of methoxy groups -OCH3 is 1. The lowest BCUT2D eigenvalue weighted by Gasteiger charge is -2.13. The fraction of sp³-hybridized carbons (Fsp3) is 0.375. The maximum Gasteiger partial charge on any atom is 0.328 e. The number of nitrogens with zero attached hydrogens (tertiary/aromatic N) is 2. The Morgan fingerprint density at radius 2 is 2.40 bits per heavy atom. The van der Waals surface area contributed by atoms with Gasteiger partial charge in [-0.3, -0.25) is 0 Å². The first kappa shape index (κ1) is 11.7. The summed E-state index contributed by atoms with van der Waals surface area (Å²) in [4.78, 5) is 18.8. The number of nitrogens with one attached hydrogen (secondary N) is 1. The lowest BCUT2D eigenvalue weighted by atomic mass is 10.3. The largest absolute Gasteiger partial charge is 0.467 e. The van der Waals surface area contributed by atoms with Crippen molar-refractivity contribution in [3.63, 3.8) is 0 Å². The fourth-order valence-electron chi connectivity index (χ4n) is 0.923. The van der Waals surface area contributed by atoms with Gasteiger partial charge in [0.25, 0.3) is 0 Å². The molecule has 1 aromatic heterocycles. The van der Waals surface area contributed by atoms with E-state index >= 15 is 0 Å². The van der Waals surface area contributed by atoms with Crippen molar-refractivity contribution in [1.29, 1.82) is 0 Å². The Labute approximate surface area is 95.4 Å². The van der Waals surface area contributed by atoms with Crippen LogP contribution in [0, 0.1) is 0 Å². The summed E-state index contributed by atoms with van der Waals surface area (Å²) < 4.78 is 5.19. The summed E-state index contributed by atoms with van der Waals surface area (Å²) in [5.74, 6) is 0.220. The molecule has 0 fully saturated rings. The maximum atomic E-state index is 11.1. The van der Waals surface area contributed by atoms with E-state index in [2.05, 4.69) is 36.0 Å². The molecule has 0 aliphatic rings. The molecule has 0 spiro atoms. The van der Waals surface area contributed by atoms with Crippen LogP contribution in [0.4, 0.5) is 11.8 Å². The van der Waals surface area contributed by atoms with Gasteiger partial charge >= 0.3 is 5.97 Å². The van der Waals surface area contributed by atoms with Crippen LogP contribution >= 0.6 is 15.9 Å². The van der Waals surface area contributed by atoms with Gasteiger partial charge in [-0.1, -0.05) is 0 Å². The summed E-state index contributed by atoms with van der Waals surface area (Å²) in [5, 5.41) is 2.85. The van der Waals surface area contributed by atoms with Crippen molar-refractivity contribution in [3.8, 4) is 0 Å². The molecule has 0 aromatic carbocycles. The highest BCUT2D eigenvalue weighted by Gasteiger charge is 2.14. The molecule has 1 aromatic rings. The van der Waals surface area contributed by atoms with Crippen molar-refractivity contribution in [2.75, 3.05) is 18.2 Å². The zero-order chi connectivity index (χ0) is 11.4. The van der Waals surface area contributed by atoms with Gasteiger partial charge < -0.3 is 15.8 Å². The third-order valence-corrected chi connectivity index (χ3v) is 2.25. The lowest BCUT2D eigenvalue weighted by molar-refractivity contribution is -0.141. The number of nitrogens with two attached hydrogens (primary N) is 1. The highest BCUT2D eigenvalue weighted by molar-refractivity contribution is 9.10. The second-order valence-corrected chi connectivity index (χ2v) is 3.67. The molecule has 15 heavy (non-hydrogen) atoms. The van der Waals surface area contributed by atoms with Gasteiger partial charge in [0.1, 0.15) is 11.9 Å². The highest BCUT2D eigenvalue weighted by atomic mass is 79.9. The fourth-order valence-corrected chi connectivity index (χ4v) is 1.23. The summed E-state index contributed by atoms with van der Waals surface area (Å²) in [6.07, 6.45) is 1.51. The van der Waals surface area contributed by atoms with Gasteiger partial charge in [-0.2, -0.15) is 4.98 Å². The Morgan fingerprint density at radius 1 is 1.73 bits per heavy atom. The van der Waals surface area contributed by atoms with E-state index < -0.39 is 6.04 Å². The molecule has 0 saturated carbocycles. The van der Waals surface area contributed by atoms with Crippen molar-refractivity contribution in [3.05, 3.63) is 10.7 Å². The first-order valence-corrected chi connectivity index (χ1v) is 4.96. The number of carbonyl (C=O) groups is 1. The topological polar surface area (TPSA) is 90.1 Å². The highest BCUT2D eigenvalue weighted by Crippen LogP contribution is 2.19. The maximum absolute atomic E-state index is 11.1. The smallest absolute Gasteiger partial charge is 0.328 e. The van der Waals surface area contributed by atoms with Crippen molar-refractivity contribution in [1.82, 2.24) is 9.97 Å². The molecule has 0 radical (unpaired) electrons. The second kappa shape index (κ2) is 4.92. The van der Waals surface area contributed by atoms with Gasteiger partial charge in [0, 0.05) is 6.20 Å². The number of rotatable bonds is 3. The Hall–Kier alpha value is -1.37. The van der Waals surface area contributed by atoms with Crippen LogP contribution in [0.1, 0.15) is 6.92 Å². The molecule has 1 heterocycles. The number of anilines is 2. The molecule has 0 bridgehead atoms. The van der Waals surface area contributed by atoms with Crippen molar-refractivity contribution >= 4 is 33.7 Å². The average molecular weight is 275 g/mol. The van der Waals surface area contributed by atoms with E-state index in [-0.39, 0.29) is 11.9 Å². The van der Waals surface area contributed by atoms with Crippen LogP contribution in [-0.4, -0.2) is 29.1 Å². The first-order chi connectivity index (χ1) is 7.04. The van der Waals surface area contributed by atoms with E-state index in [1.807, 2.05) is 0 Å². The SMILES string of the molecule is COC(=O)C(C)Nc1nc(N)ncc1Br. The van der Waals surface area contributed by atoms with Crippen LogP contribution in [0.15, 0.2) is 10.7 Å². The zero-order valence-corrected chi connectivity index (χ0v) is 9.91. The monoisotopic (exact) mass is 274 g/mol. The van der Waals surface area contributed by atoms with Crippen LogP contribution in [0.3, 0.4) is 0 Å². The first-order valence-electron chi connectivity index (χ1n) is 4.17. The lowest BCUT2D eigenvalue weighted by Crippen LogP contribution is -2.28. The number of ether oxygens (including phenoxy) is 1. The number of hydrogen-bond acceptors (Lipinski definition) is 6. The second-order valence-electron chi connectivity index (χ2n) is 2.81. The normalized spacial score (nSPS) is 11.9. The van der Waals surface area contributed by atoms with E-state index in [1.54, 1.807) is 6.92 Å². The number of esters is 1. The van der Waals surface area contributed by atoms with Gasteiger partial charge in [-0.05, 0) is 22.9 Å². The third kappa shape index (κ3) is 3.05. The van der Waals surface area contributed by atoms with Crippen molar-refractivity contribution in [2.24, 2.45) is 0 Å². The summed E-state index contributed by atoms with van der Waals surface area (Å²) in [6, 6.07) is -0.499. The molecule has 1 rings (SSSR count). The van der Waals surface area contributed by atoms with Crippen LogP contribution in [0.2, 0.25) is 0 Å². The van der Waals surface area contributed by atoms with Crippen molar-refractivity contribution in [2.45, 2.75) is 13.0 Å². The number of aromatic nitrogens is 2. The summed E-state index contributed by atoms with van der Waals surface area (Å²) in [6.45, 7) is 1.66. The Morgan fingerprint density at radius 3 is 3.00 bits per heavy atom. The predicted octanol–water partition coefficient (Wildman–Crippen LogP) is 0.795. The Balaban J connectivity index is 2.80. The van der Waals surface area contributed by atoms with Crippen molar-refractivity contribution < 1.29 is 9.53 Å². The van der Waals surface area contributed by atoms with Crippen LogP contribution in [0.5, 0.6) is 0 Å². The van der Waals surface area contributed by atoms with E-state index in [0.717, 1.165) is 0 Å². The van der Waals surface area contributed by atoms with E-state index in [9.17, 15) is 4.79 Å². The molecular weight excluding hydrogens is 264 g/mol. The standard InChI is InChI=1S/C8H11BrN4O2/c1-4(7(14)15-2)12-6-5(9)3-11-8(10)13-6/h3-4H,1-2H3,(H3,10,11,12,13). The quantitative estimate of drug-likeness (QED) is 0.793.